The Morgan fingerprint density at radius 3 is 3.00 bits per heavy atom. The monoisotopic (exact) mass is 156 g/mol. The number of rotatable bonds is 3. The van der Waals surface area contributed by atoms with Gasteiger partial charge in [-0.15, -0.1) is 0 Å². The number of carbonyl (C=O) groups is 2. The van der Waals surface area contributed by atoms with Crippen molar-refractivity contribution in [2.45, 2.75) is 19.4 Å². The third-order valence-electron chi connectivity index (χ3n) is 1.90. The molecule has 0 saturated carbocycles. The van der Waals surface area contributed by atoms with E-state index in [-0.39, 0.29) is 11.9 Å². The summed E-state index contributed by atoms with van der Waals surface area (Å²) in [6, 6.07) is 0.0277. The molecular formula is C7H12N2O2. The molecule has 4 heteroatoms. The Bertz CT molecular complexity index is 170. The number of hydrogen-bond donors (Lipinski definition) is 1. The molecule has 0 aromatic carbocycles. The van der Waals surface area contributed by atoms with Gasteiger partial charge in [-0.1, -0.05) is 0 Å². The van der Waals surface area contributed by atoms with Crippen LogP contribution in [0.4, 0.5) is 0 Å². The maximum absolute atomic E-state index is 11.1. The van der Waals surface area contributed by atoms with Crippen LogP contribution in [-0.4, -0.2) is 36.3 Å². The Balaban J connectivity index is 2.42. The van der Waals surface area contributed by atoms with E-state index in [4.69, 9.17) is 0 Å². The van der Waals surface area contributed by atoms with E-state index >= 15 is 0 Å². The average molecular weight is 156 g/mol. The van der Waals surface area contributed by atoms with Crippen molar-refractivity contribution < 1.29 is 9.59 Å². The van der Waals surface area contributed by atoms with Crippen LogP contribution in [-0.2, 0) is 9.59 Å². The van der Waals surface area contributed by atoms with E-state index in [2.05, 4.69) is 5.32 Å². The number of amides is 2. The molecule has 1 saturated heterocycles. The van der Waals surface area contributed by atoms with Crippen molar-refractivity contribution in [1.29, 1.82) is 0 Å². The van der Waals surface area contributed by atoms with Crippen LogP contribution in [0.1, 0.15) is 13.3 Å². The highest BCUT2D eigenvalue weighted by molar-refractivity contribution is 5.79. The summed E-state index contributed by atoms with van der Waals surface area (Å²) in [5, 5.41) is 2.60. The minimum absolute atomic E-state index is 0.0277. The molecule has 1 rings (SSSR count). The fourth-order valence-corrected chi connectivity index (χ4v) is 1.29. The first-order valence-electron chi connectivity index (χ1n) is 3.75. The molecule has 0 bridgehead atoms. The molecule has 1 aliphatic rings. The number of nitrogens with one attached hydrogen (secondary N) is 1. The molecule has 1 fully saturated rings. The Labute approximate surface area is 65.6 Å². The fraction of sp³-hybridized carbons (Fsp3) is 0.714. The second kappa shape index (κ2) is 3.37. The number of hydrogen-bond acceptors (Lipinski definition) is 2. The Hall–Kier alpha value is -1.06. The van der Waals surface area contributed by atoms with E-state index in [1.807, 2.05) is 6.92 Å². The van der Waals surface area contributed by atoms with Crippen molar-refractivity contribution in [3.8, 4) is 0 Å². The van der Waals surface area contributed by atoms with Gasteiger partial charge in [0, 0.05) is 19.5 Å². The summed E-state index contributed by atoms with van der Waals surface area (Å²) in [4.78, 5) is 22.8. The first-order valence-corrected chi connectivity index (χ1v) is 3.75. The largest absolute Gasteiger partial charge is 0.354 e. The van der Waals surface area contributed by atoms with Crippen molar-refractivity contribution in [2.75, 3.05) is 13.1 Å². The second-order valence-electron chi connectivity index (χ2n) is 2.62. The van der Waals surface area contributed by atoms with Crippen molar-refractivity contribution in [1.82, 2.24) is 10.2 Å². The Kier molecular flexibility index (Phi) is 2.46. The van der Waals surface area contributed by atoms with Gasteiger partial charge in [0.25, 0.3) is 0 Å². The van der Waals surface area contributed by atoms with E-state index in [0.717, 1.165) is 6.54 Å². The van der Waals surface area contributed by atoms with Crippen LogP contribution < -0.4 is 5.32 Å². The van der Waals surface area contributed by atoms with E-state index in [0.29, 0.717) is 19.4 Å². The fourth-order valence-electron chi connectivity index (χ4n) is 1.29. The van der Waals surface area contributed by atoms with Gasteiger partial charge in [-0.05, 0) is 6.92 Å². The summed E-state index contributed by atoms with van der Waals surface area (Å²) in [6.45, 7) is 3.32. The quantitative estimate of drug-likeness (QED) is 0.552. The van der Waals surface area contributed by atoms with Gasteiger partial charge in [-0.25, -0.2) is 0 Å². The number of nitrogens with zero attached hydrogens (tertiary/aromatic N) is 1. The van der Waals surface area contributed by atoms with Gasteiger partial charge >= 0.3 is 0 Å². The predicted molar refractivity (Wildman–Crippen MR) is 39.9 cm³/mol. The van der Waals surface area contributed by atoms with Crippen molar-refractivity contribution >= 4 is 12.3 Å². The lowest BCUT2D eigenvalue weighted by molar-refractivity contribution is -0.127. The topological polar surface area (TPSA) is 49.4 Å². The van der Waals surface area contributed by atoms with Gasteiger partial charge < -0.3 is 10.2 Å². The predicted octanol–water partition coefficient (Wildman–Crippen LogP) is -0.647. The number of likely N-dealkylation sites (N-methyl/N-ethyl adjacent to an activating group) is 1. The van der Waals surface area contributed by atoms with Crippen molar-refractivity contribution in [3.05, 3.63) is 0 Å². The maximum atomic E-state index is 11.1. The van der Waals surface area contributed by atoms with Gasteiger partial charge in [0.05, 0.1) is 6.04 Å². The first-order chi connectivity index (χ1) is 5.27. The third kappa shape index (κ3) is 1.69. The molecule has 4 nitrogen and oxygen atoms in total. The molecule has 1 heterocycles. The summed E-state index contributed by atoms with van der Waals surface area (Å²) >= 11 is 0. The van der Waals surface area contributed by atoms with Crippen LogP contribution in [0.3, 0.4) is 0 Å². The van der Waals surface area contributed by atoms with Crippen LogP contribution in [0.5, 0.6) is 0 Å². The summed E-state index contributed by atoms with van der Waals surface area (Å²) in [5.74, 6) is 0.131. The van der Waals surface area contributed by atoms with Gasteiger partial charge in [0.1, 0.15) is 0 Å². The molecule has 1 atom stereocenters. The van der Waals surface area contributed by atoms with Gasteiger partial charge in [0.2, 0.25) is 12.3 Å². The van der Waals surface area contributed by atoms with Crippen LogP contribution in [0.15, 0.2) is 0 Å². The lowest BCUT2D eigenvalue weighted by atomic mass is 10.3. The van der Waals surface area contributed by atoms with Crippen LogP contribution in [0.2, 0.25) is 0 Å². The molecule has 1 aliphatic heterocycles. The van der Waals surface area contributed by atoms with Crippen LogP contribution in [0, 0.1) is 0 Å². The highest BCUT2D eigenvalue weighted by atomic mass is 16.2. The molecule has 0 aromatic rings. The van der Waals surface area contributed by atoms with Gasteiger partial charge in [-0.2, -0.15) is 0 Å². The highest BCUT2D eigenvalue weighted by Crippen LogP contribution is 2.09. The molecule has 11 heavy (non-hydrogen) atoms. The minimum atomic E-state index is 0.0277. The zero-order valence-corrected chi connectivity index (χ0v) is 6.54. The molecule has 1 N–H and O–H groups in total. The first kappa shape index (κ1) is 8.04. The second-order valence-corrected chi connectivity index (χ2v) is 2.62. The van der Waals surface area contributed by atoms with E-state index in [1.165, 1.54) is 0 Å². The molecule has 0 unspecified atom stereocenters. The SMILES string of the molecule is CCN1C[C@H](NC=O)CC1=O. The molecule has 62 valence electrons. The standard InChI is InChI=1S/C7H12N2O2/c1-2-9-4-6(8-5-10)3-7(9)11/h5-6H,2-4H2,1H3,(H,8,10)/t6-/m1/s1. The van der Waals surface area contributed by atoms with Crippen molar-refractivity contribution in [3.63, 3.8) is 0 Å². The van der Waals surface area contributed by atoms with Crippen LogP contribution >= 0.6 is 0 Å². The third-order valence-corrected chi connectivity index (χ3v) is 1.90. The lowest BCUT2D eigenvalue weighted by Gasteiger charge is -2.12. The summed E-state index contributed by atoms with van der Waals surface area (Å²) in [5.41, 5.74) is 0. The molecule has 0 aliphatic carbocycles. The maximum Gasteiger partial charge on any atom is 0.224 e. The van der Waals surface area contributed by atoms with Crippen molar-refractivity contribution in [2.24, 2.45) is 0 Å². The average Bonchev–Trinajstić information content (AvgIpc) is 2.32. The number of carbonyl (C=O) groups excluding carboxylic acids is 2. The highest BCUT2D eigenvalue weighted by Gasteiger charge is 2.27. The molecule has 0 aromatic heterocycles. The van der Waals surface area contributed by atoms with E-state index in [1.54, 1.807) is 4.90 Å². The summed E-state index contributed by atoms with van der Waals surface area (Å²) in [7, 11) is 0. The lowest BCUT2D eigenvalue weighted by Crippen LogP contribution is -2.31. The molecule has 0 radical (unpaired) electrons. The Morgan fingerprint density at radius 2 is 2.55 bits per heavy atom. The molecule has 0 spiro atoms. The smallest absolute Gasteiger partial charge is 0.224 e. The summed E-state index contributed by atoms with van der Waals surface area (Å²) < 4.78 is 0. The zero-order chi connectivity index (χ0) is 8.27. The number of likely N-dealkylation sites (tertiary alicyclic amines) is 1. The zero-order valence-electron chi connectivity index (χ0n) is 6.54. The summed E-state index contributed by atoms with van der Waals surface area (Å²) in [6.07, 6.45) is 1.10. The molecular weight excluding hydrogens is 144 g/mol. The van der Waals surface area contributed by atoms with Gasteiger partial charge in [-0.3, -0.25) is 9.59 Å². The van der Waals surface area contributed by atoms with Crippen LogP contribution in [0.25, 0.3) is 0 Å². The minimum Gasteiger partial charge on any atom is -0.354 e. The molecule has 2 amide bonds. The van der Waals surface area contributed by atoms with E-state index in [9.17, 15) is 9.59 Å². The van der Waals surface area contributed by atoms with Gasteiger partial charge in [0.15, 0.2) is 0 Å². The van der Waals surface area contributed by atoms with E-state index < -0.39 is 0 Å². The normalized spacial score (nSPS) is 23.9. The Morgan fingerprint density at radius 1 is 1.82 bits per heavy atom.